The number of nitrogens with zero attached hydrogens (tertiary/aromatic N) is 2. The number of piperazine rings is 1. The van der Waals surface area contributed by atoms with E-state index < -0.39 is 11.5 Å². The number of benzene rings is 1. The highest BCUT2D eigenvalue weighted by atomic mass is 16.6. The second kappa shape index (κ2) is 8.92. The molecule has 2 saturated heterocycles. The van der Waals surface area contributed by atoms with Crippen molar-refractivity contribution >= 4 is 29.4 Å². The Bertz CT molecular complexity index is 1000. The minimum absolute atomic E-state index is 0.0251. The molecule has 3 fully saturated rings. The van der Waals surface area contributed by atoms with Crippen LogP contribution in [0.1, 0.15) is 48.9 Å². The van der Waals surface area contributed by atoms with Crippen LogP contribution < -0.4 is 10.2 Å². The van der Waals surface area contributed by atoms with E-state index in [1.54, 1.807) is 30.5 Å². The van der Waals surface area contributed by atoms with E-state index in [1.165, 1.54) is 0 Å². The van der Waals surface area contributed by atoms with Gasteiger partial charge in [0.25, 0.3) is 5.91 Å². The van der Waals surface area contributed by atoms with Gasteiger partial charge in [0.15, 0.2) is 5.88 Å². The van der Waals surface area contributed by atoms with Gasteiger partial charge in [0, 0.05) is 43.5 Å². The Balaban J connectivity index is 1.19. The van der Waals surface area contributed by atoms with Gasteiger partial charge in [-0.25, -0.2) is 0 Å². The first kappa shape index (κ1) is 21.6. The summed E-state index contributed by atoms with van der Waals surface area (Å²) in [5.74, 6) is -0.132. The number of anilines is 2. The summed E-state index contributed by atoms with van der Waals surface area (Å²) < 4.78 is 11.1. The van der Waals surface area contributed by atoms with Crippen LogP contribution in [0.4, 0.5) is 11.6 Å². The van der Waals surface area contributed by atoms with E-state index in [-0.39, 0.29) is 24.2 Å². The number of rotatable bonds is 4. The molecule has 1 spiro atoms. The van der Waals surface area contributed by atoms with Crippen molar-refractivity contribution in [3.05, 3.63) is 48.2 Å². The van der Waals surface area contributed by atoms with Crippen LogP contribution in [0.15, 0.2) is 47.1 Å². The number of nitrogens with one attached hydrogen (secondary N) is 1. The molecule has 8 heteroatoms. The first-order chi connectivity index (χ1) is 16.0. The highest BCUT2D eigenvalue weighted by Crippen LogP contribution is 2.44. The average Bonchev–Trinajstić information content (AvgIpc) is 3.48. The lowest BCUT2D eigenvalue weighted by molar-refractivity contribution is -0.153. The third kappa shape index (κ3) is 4.34. The summed E-state index contributed by atoms with van der Waals surface area (Å²) >= 11 is 0. The monoisotopic (exact) mass is 451 g/mol. The highest BCUT2D eigenvalue weighted by Gasteiger charge is 2.52. The van der Waals surface area contributed by atoms with Crippen LogP contribution in [0.3, 0.4) is 0 Å². The molecule has 2 aliphatic heterocycles. The molecule has 174 valence electrons. The molecule has 0 radical (unpaired) electrons. The molecule has 8 nitrogen and oxygen atoms in total. The summed E-state index contributed by atoms with van der Waals surface area (Å²) in [7, 11) is 0. The van der Waals surface area contributed by atoms with E-state index >= 15 is 0 Å². The van der Waals surface area contributed by atoms with Gasteiger partial charge in [0.2, 0.25) is 5.91 Å². The zero-order valence-corrected chi connectivity index (χ0v) is 18.6. The fourth-order valence-electron chi connectivity index (χ4n) is 5.31. The third-order valence-electron chi connectivity index (χ3n) is 7.12. The maximum absolute atomic E-state index is 13.0. The fraction of sp³-hybridized carbons (Fsp3) is 0.480. The normalized spacial score (nSPS) is 22.3. The van der Waals surface area contributed by atoms with Crippen molar-refractivity contribution in [3.8, 4) is 0 Å². The van der Waals surface area contributed by atoms with Crippen molar-refractivity contribution in [2.75, 3.05) is 36.4 Å². The molecule has 2 amide bonds. The number of furan rings is 1. The van der Waals surface area contributed by atoms with E-state index in [2.05, 4.69) is 10.2 Å². The summed E-state index contributed by atoms with van der Waals surface area (Å²) in [6.07, 6.45) is 6.34. The number of ether oxygens (including phenoxy) is 1. The molecule has 33 heavy (non-hydrogen) atoms. The van der Waals surface area contributed by atoms with Gasteiger partial charge < -0.3 is 24.3 Å². The van der Waals surface area contributed by atoms with Crippen molar-refractivity contribution in [1.82, 2.24) is 4.90 Å². The third-order valence-corrected chi connectivity index (χ3v) is 7.12. The van der Waals surface area contributed by atoms with E-state index in [1.807, 2.05) is 17.0 Å². The van der Waals surface area contributed by atoms with Crippen LogP contribution in [-0.2, 0) is 14.3 Å². The summed E-state index contributed by atoms with van der Waals surface area (Å²) in [6.45, 7) is 2.68. The highest BCUT2D eigenvalue weighted by molar-refractivity contribution is 5.98. The number of hydrogen-bond acceptors (Lipinski definition) is 6. The van der Waals surface area contributed by atoms with Crippen molar-refractivity contribution in [2.24, 2.45) is 5.92 Å². The van der Waals surface area contributed by atoms with E-state index in [0.29, 0.717) is 24.3 Å². The zero-order valence-electron chi connectivity index (χ0n) is 18.6. The summed E-state index contributed by atoms with van der Waals surface area (Å²) in [5.41, 5.74) is 0.555. The first-order valence-corrected chi connectivity index (χ1v) is 11.7. The predicted molar refractivity (Wildman–Crippen MR) is 122 cm³/mol. The van der Waals surface area contributed by atoms with Crippen LogP contribution in [-0.4, -0.2) is 54.5 Å². The van der Waals surface area contributed by atoms with Gasteiger partial charge in [0.1, 0.15) is 5.60 Å². The van der Waals surface area contributed by atoms with Gasteiger partial charge >= 0.3 is 5.97 Å². The lowest BCUT2D eigenvalue weighted by Crippen LogP contribution is -2.48. The molecule has 0 bridgehead atoms. The van der Waals surface area contributed by atoms with Crippen LogP contribution >= 0.6 is 0 Å². The Morgan fingerprint density at radius 1 is 0.970 bits per heavy atom. The molecule has 3 heterocycles. The molecule has 2 aromatic rings. The smallest absolute Gasteiger partial charge is 0.307 e. The first-order valence-electron chi connectivity index (χ1n) is 11.7. The minimum Gasteiger partial charge on any atom is -0.458 e. The molecule has 3 aliphatic rings. The van der Waals surface area contributed by atoms with Crippen LogP contribution in [0.2, 0.25) is 0 Å². The van der Waals surface area contributed by atoms with Crippen molar-refractivity contribution in [1.29, 1.82) is 0 Å². The van der Waals surface area contributed by atoms with Crippen molar-refractivity contribution < 1.29 is 23.5 Å². The summed E-state index contributed by atoms with van der Waals surface area (Å²) in [5, 5.41) is 2.93. The standard InChI is InChI=1S/C25H29N3O5/c29-22-17-20(25(33-22)10-2-1-3-11-25)23(30)26-19-8-6-18(7-9-19)24(31)28-14-12-27(13-15-28)21-5-4-16-32-21/h4-9,16,20H,1-3,10-15,17H2,(H,26,30). The molecular formula is C25H29N3O5. The topological polar surface area (TPSA) is 92.1 Å². The lowest BCUT2D eigenvalue weighted by Gasteiger charge is -2.36. The Labute approximate surface area is 192 Å². The fourth-order valence-corrected chi connectivity index (χ4v) is 5.31. The SMILES string of the molecule is O=C1CC(C(=O)Nc2ccc(C(=O)N3CCN(c4ccco4)CC3)cc2)C2(CCCCC2)O1. The van der Waals surface area contributed by atoms with Crippen LogP contribution in [0.25, 0.3) is 0 Å². The number of carbonyl (C=O) groups excluding carboxylic acids is 3. The van der Waals surface area contributed by atoms with Gasteiger partial charge in [-0.3, -0.25) is 14.4 Å². The summed E-state index contributed by atoms with van der Waals surface area (Å²) in [4.78, 5) is 41.9. The van der Waals surface area contributed by atoms with E-state index in [4.69, 9.17) is 9.15 Å². The second-order valence-corrected chi connectivity index (χ2v) is 9.15. The van der Waals surface area contributed by atoms with Gasteiger partial charge in [-0.05, 0) is 56.0 Å². The molecule has 1 aromatic heterocycles. The predicted octanol–water partition coefficient (Wildman–Crippen LogP) is 3.45. The number of hydrogen-bond donors (Lipinski definition) is 1. The molecule has 5 rings (SSSR count). The molecule has 1 unspecified atom stereocenters. The quantitative estimate of drug-likeness (QED) is 0.716. The van der Waals surface area contributed by atoms with Gasteiger partial charge in [-0.2, -0.15) is 0 Å². The minimum atomic E-state index is -0.646. The number of esters is 1. The maximum atomic E-state index is 13.0. The van der Waals surface area contributed by atoms with Crippen molar-refractivity contribution in [2.45, 2.75) is 44.1 Å². The molecule has 1 atom stereocenters. The van der Waals surface area contributed by atoms with Gasteiger partial charge in [0.05, 0.1) is 18.6 Å². The Kier molecular flexibility index (Phi) is 5.83. The lowest BCUT2D eigenvalue weighted by atomic mass is 9.75. The summed E-state index contributed by atoms with van der Waals surface area (Å²) in [6, 6.07) is 10.8. The van der Waals surface area contributed by atoms with Gasteiger partial charge in [-0.1, -0.05) is 6.42 Å². The Morgan fingerprint density at radius 2 is 1.70 bits per heavy atom. The maximum Gasteiger partial charge on any atom is 0.307 e. The molecular weight excluding hydrogens is 422 g/mol. The zero-order chi connectivity index (χ0) is 22.8. The number of amides is 2. The largest absolute Gasteiger partial charge is 0.458 e. The van der Waals surface area contributed by atoms with Crippen molar-refractivity contribution in [3.63, 3.8) is 0 Å². The molecule has 1 N–H and O–H groups in total. The second-order valence-electron chi connectivity index (χ2n) is 9.15. The van der Waals surface area contributed by atoms with E-state index in [9.17, 15) is 14.4 Å². The van der Waals surface area contributed by atoms with Crippen LogP contribution in [0.5, 0.6) is 0 Å². The van der Waals surface area contributed by atoms with E-state index in [0.717, 1.165) is 51.1 Å². The molecule has 1 saturated carbocycles. The van der Waals surface area contributed by atoms with Crippen LogP contribution in [0, 0.1) is 5.92 Å². The molecule has 1 aromatic carbocycles. The Hall–Kier alpha value is -3.29. The van der Waals surface area contributed by atoms with Gasteiger partial charge in [-0.15, -0.1) is 0 Å². The Morgan fingerprint density at radius 3 is 2.36 bits per heavy atom. The molecule has 1 aliphatic carbocycles. The number of carbonyl (C=O) groups is 3. The average molecular weight is 452 g/mol.